The molecule has 0 aliphatic carbocycles. The Kier molecular flexibility index (Phi) is 16.9. The van der Waals surface area contributed by atoms with Crippen molar-refractivity contribution >= 4 is 57.6 Å². The number of nitrogens with zero attached hydrogens (tertiary/aromatic N) is 1. The van der Waals surface area contributed by atoms with Crippen LogP contribution in [0.5, 0.6) is 0 Å². The molecule has 0 radical (unpaired) electrons. The summed E-state index contributed by atoms with van der Waals surface area (Å²) in [6.07, 6.45) is 8.58. The molecule has 4 amide bonds. The normalized spacial score (nSPS) is 14.9. The number of aliphatic hydroxyl groups excluding tert-OH is 1. The first-order chi connectivity index (χ1) is 22.1. The topological polar surface area (TPSA) is 158 Å². The minimum atomic E-state index is -1.85. The van der Waals surface area contributed by atoms with Gasteiger partial charge in [0, 0.05) is 52.1 Å². The van der Waals surface area contributed by atoms with Gasteiger partial charge in [0.1, 0.15) is 15.9 Å². The third kappa shape index (κ3) is 13.6. The predicted octanol–water partition coefficient (Wildman–Crippen LogP) is 2.17. The van der Waals surface area contributed by atoms with E-state index in [1.807, 2.05) is 6.07 Å². The highest BCUT2D eigenvalue weighted by Crippen LogP contribution is 2.41. The summed E-state index contributed by atoms with van der Waals surface area (Å²) >= 11 is 6.62. The van der Waals surface area contributed by atoms with E-state index in [0.717, 1.165) is 11.8 Å². The highest BCUT2D eigenvalue weighted by molar-refractivity contribution is 8.25. The van der Waals surface area contributed by atoms with Crippen LogP contribution in [0.4, 0.5) is 0 Å². The van der Waals surface area contributed by atoms with Gasteiger partial charge in [0.25, 0.3) is 0 Å². The van der Waals surface area contributed by atoms with Crippen molar-refractivity contribution < 1.29 is 29.1 Å². The molecule has 0 saturated heterocycles. The number of rotatable bonds is 19. The molecule has 4 unspecified atom stereocenters. The number of terminal acetylenes is 2. The molecule has 252 valence electrons. The third-order valence-electron chi connectivity index (χ3n) is 7.29. The minimum absolute atomic E-state index is 0.0181. The molecule has 11 nitrogen and oxygen atoms in total. The van der Waals surface area contributed by atoms with Crippen molar-refractivity contribution in [2.75, 3.05) is 26.2 Å². The number of ketones is 1. The number of hydrogen-bond acceptors (Lipinski definition) is 8. The molecule has 0 bridgehead atoms. The smallest absolute Gasteiger partial charge is 0.236 e. The molecule has 0 spiro atoms. The van der Waals surface area contributed by atoms with Crippen molar-refractivity contribution in [3.05, 3.63) is 47.3 Å². The summed E-state index contributed by atoms with van der Waals surface area (Å²) in [5.74, 6) is 1.86. The van der Waals surface area contributed by atoms with Crippen LogP contribution >= 0.6 is 24.0 Å². The number of thiocarbonyl (C=S) groups is 1. The highest BCUT2D eigenvalue weighted by atomic mass is 32.2. The zero-order chi connectivity index (χ0) is 35.7. The Morgan fingerprint density at radius 1 is 0.957 bits per heavy atom. The molecule has 13 heteroatoms. The van der Waals surface area contributed by atoms with Gasteiger partial charge in [0.15, 0.2) is 0 Å². The number of nitrogens with one attached hydrogen (secondary N) is 4. The van der Waals surface area contributed by atoms with Crippen molar-refractivity contribution in [1.29, 1.82) is 0 Å². The molecule has 5 N–H and O–H groups in total. The van der Waals surface area contributed by atoms with Crippen molar-refractivity contribution in [3.63, 3.8) is 0 Å². The second kappa shape index (κ2) is 19.4. The van der Waals surface area contributed by atoms with E-state index < -0.39 is 45.8 Å². The van der Waals surface area contributed by atoms with Crippen molar-refractivity contribution in [1.82, 2.24) is 21.3 Å². The van der Waals surface area contributed by atoms with Crippen LogP contribution in [0, 0.1) is 36.7 Å². The molecule has 0 aromatic heterocycles. The van der Waals surface area contributed by atoms with E-state index in [9.17, 15) is 29.1 Å². The number of thioether (sulfide) groups is 1. The van der Waals surface area contributed by atoms with Crippen LogP contribution in [0.2, 0.25) is 0 Å². The highest BCUT2D eigenvalue weighted by Gasteiger charge is 2.52. The van der Waals surface area contributed by atoms with Gasteiger partial charge in [0.2, 0.25) is 29.2 Å². The molecule has 0 fully saturated rings. The Labute approximate surface area is 287 Å². The van der Waals surface area contributed by atoms with Crippen LogP contribution in [0.25, 0.3) is 4.85 Å². The maximum atomic E-state index is 14.3. The Morgan fingerprint density at radius 2 is 1.53 bits per heavy atom. The first kappa shape index (κ1) is 40.8. The number of Topliss-reactive ketones (excluding diaryl/α,β-unsaturated/α-hetero) is 1. The number of aliphatic hydroxyl groups is 1. The van der Waals surface area contributed by atoms with E-state index in [2.05, 4.69) is 38.0 Å². The lowest BCUT2D eigenvalue weighted by molar-refractivity contribution is -0.144. The lowest BCUT2D eigenvalue weighted by atomic mass is 9.71. The molecule has 47 heavy (non-hydrogen) atoms. The fraction of sp³-hybridized carbons (Fsp3) is 0.500. The molecule has 4 atom stereocenters. The van der Waals surface area contributed by atoms with Gasteiger partial charge in [-0.2, -0.15) is 0 Å². The maximum absolute atomic E-state index is 14.3. The number of hydrogen-bond donors (Lipinski definition) is 5. The van der Waals surface area contributed by atoms with Gasteiger partial charge in [-0.15, -0.1) is 12.8 Å². The van der Waals surface area contributed by atoms with E-state index >= 15 is 0 Å². The molecule has 0 aliphatic heterocycles. The molecular formula is C34H43N5O6S2. The Balaban J connectivity index is 3.45. The quantitative estimate of drug-likeness (QED) is 0.0644. The summed E-state index contributed by atoms with van der Waals surface area (Å²) in [4.78, 5) is 69.7. The fourth-order valence-electron chi connectivity index (χ4n) is 4.52. The van der Waals surface area contributed by atoms with Gasteiger partial charge < -0.3 is 31.2 Å². The van der Waals surface area contributed by atoms with Crippen LogP contribution in [-0.2, 0) is 24.0 Å². The van der Waals surface area contributed by atoms with E-state index in [1.165, 1.54) is 20.8 Å². The Hall–Kier alpha value is -4.22. The monoisotopic (exact) mass is 681 g/mol. The van der Waals surface area contributed by atoms with E-state index in [-0.39, 0.29) is 63.7 Å². The van der Waals surface area contributed by atoms with Crippen molar-refractivity contribution in [2.24, 2.45) is 5.41 Å². The van der Waals surface area contributed by atoms with Crippen LogP contribution in [0.1, 0.15) is 65.4 Å². The largest absolute Gasteiger partial charge is 0.392 e. The van der Waals surface area contributed by atoms with Crippen LogP contribution < -0.4 is 21.3 Å². The van der Waals surface area contributed by atoms with Crippen molar-refractivity contribution in [2.45, 2.75) is 76.2 Å². The lowest BCUT2D eigenvalue weighted by Gasteiger charge is -2.35. The number of amides is 4. The first-order valence-electron chi connectivity index (χ1n) is 14.9. The summed E-state index contributed by atoms with van der Waals surface area (Å²) < 4.78 is -1.22. The van der Waals surface area contributed by atoms with Crippen LogP contribution in [0.15, 0.2) is 30.3 Å². The van der Waals surface area contributed by atoms with Gasteiger partial charge in [-0.3, -0.25) is 24.0 Å². The summed E-state index contributed by atoms with van der Waals surface area (Å²) in [5.41, 5.74) is -2.54. The van der Waals surface area contributed by atoms with E-state index in [4.69, 9.17) is 31.6 Å². The summed E-state index contributed by atoms with van der Waals surface area (Å²) in [7, 11) is 0. The number of carbonyl (C=O) groups excluding carboxylic acids is 5. The first-order valence-corrected chi connectivity index (χ1v) is 16.1. The van der Waals surface area contributed by atoms with Gasteiger partial charge in [-0.1, -0.05) is 66.2 Å². The average Bonchev–Trinajstić information content (AvgIpc) is 3.04. The Bertz CT molecular complexity index is 1430. The summed E-state index contributed by atoms with van der Waals surface area (Å²) in [6.45, 7) is 13.7. The molecule has 0 aliphatic rings. The molecule has 1 aromatic rings. The molecule has 0 heterocycles. The molecule has 1 rings (SSSR count). The molecule has 0 saturated carbocycles. The number of carbonyl (C=O) groups is 5. The van der Waals surface area contributed by atoms with Gasteiger partial charge in [-0.25, -0.2) is 6.57 Å². The fourth-order valence-corrected chi connectivity index (χ4v) is 6.24. The van der Waals surface area contributed by atoms with Gasteiger partial charge in [-0.05, 0) is 26.3 Å². The number of benzene rings is 1. The second-order valence-corrected chi connectivity index (χ2v) is 13.9. The Morgan fingerprint density at radius 3 is 2.06 bits per heavy atom. The summed E-state index contributed by atoms with van der Waals surface area (Å²) in [6, 6.07) is 8.89. The zero-order valence-electron chi connectivity index (χ0n) is 27.2. The molecule has 1 aromatic carbocycles. The molecular weight excluding hydrogens is 639 g/mol. The summed E-state index contributed by atoms with van der Waals surface area (Å²) in [5, 5.41) is 20.1. The SMILES string of the molecule is [C-]#[N+]C(C)(CCC(=O)NCC#C)CC(C)(C(=O)CC(C)(SC(=S)c1ccccc1)C(=O)NCCC(=O)NCC#C)C(=O)NCC(C)O. The second-order valence-electron chi connectivity index (χ2n) is 11.7. The standard InChI is InChI=1S/C34H43N5O6S2/c1-8-18-36-27(42)15-17-32(4,35-7)23-33(5,30(44)39-22-24(3)40)26(41)21-34(6,47-29(46)25-13-11-10-12-14-25)31(45)38-20-16-28(43)37-19-9-2/h1-2,10-14,24,40H,15-23H2,3-6H3,(H,36,42)(H,37,43)(H,38,45)(H,39,44). The lowest BCUT2D eigenvalue weighted by Crippen LogP contribution is -2.53. The minimum Gasteiger partial charge on any atom is -0.392 e. The van der Waals surface area contributed by atoms with E-state index in [1.54, 1.807) is 31.2 Å². The zero-order valence-corrected chi connectivity index (χ0v) is 28.9. The van der Waals surface area contributed by atoms with Gasteiger partial charge in [0.05, 0.1) is 23.4 Å². The third-order valence-corrected chi connectivity index (χ3v) is 8.98. The van der Waals surface area contributed by atoms with Gasteiger partial charge >= 0.3 is 0 Å². The van der Waals surface area contributed by atoms with Crippen molar-refractivity contribution in [3.8, 4) is 24.7 Å². The van der Waals surface area contributed by atoms with E-state index in [0.29, 0.717) is 9.76 Å². The van der Waals surface area contributed by atoms with Crippen LogP contribution in [0.3, 0.4) is 0 Å². The predicted molar refractivity (Wildman–Crippen MR) is 187 cm³/mol. The average molecular weight is 682 g/mol. The van der Waals surface area contributed by atoms with Crippen LogP contribution in [-0.4, -0.2) is 81.3 Å². The maximum Gasteiger partial charge on any atom is 0.236 e.